The number of likely N-dealkylation sites (tertiary alicyclic amines) is 1. The van der Waals surface area contributed by atoms with Crippen LogP contribution >= 0.6 is 0 Å². The van der Waals surface area contributed by atoms with E-state index in [0.717, 1.165) is 42.6 Å². The molecule has 1 fully saturated rings. The standard InChI is InChI=1S/C16H24N2O/c1-12-6-7-13(2)14(10-12)15(19)18-9-5-8-16(18,3)11-17-4/h6-7,10,17H,5,8-9,11H2,1-4H3. The van der Waals surface area contributed by atoms with Gasteiger partial charge in [0.05, 0.1) is 5.54 Å². The van der Waals surface area contributed by atoms with Crippen molar-refractivity contribution in [3.8, 4) is 0 Å². The van der Waals surface area contributed by atoms with Crippen molar-refractivity contribution in [3.63, 3.8) is 0 Å². The first-order valence-electron chi connectivity index (χ1n) is 7.02. The Bertz CT molecular complexity index is 484. The van der Waals surface area contributed by atoms with Gasteiger partial charge >= 0.3 is 0 Å². The molecular formula is C16H24N2O. The highest BCUT2D eigenvalue weighted by molar-refractivity contribution is 5.96. The summed E-state index contributed by atoms with van der Waals surface area (Å²) in [4.78, 5) is 14.9. The fraction of sp³-hybridized carbons (Fsp3) is 0.562. The molecule has 0 aromatic heterocycles. The van der Waals surface area contributed by atoms with Crippen LogP contribution in [-0.4, -0.2) is 36.5 Å². The molecule has 1 atom stereocenters. The van der Waals surface area contributed by atoms with Crippen LogP contribution in [0.1, 0.15) is 41.3 Å². The van der Waals surface area contributed by atoms with Crippen molar-refractivity contribution >= 4 is 5.91 Å². The van der Waals surface area contributed by atoms with Crippen molar-refractivity contribution in [1.82, 2.24) is 10.2 Å². The lowest BCUT2D eigenvalue weighted by molar-refractivity contribution is 0.0625. The monoisotopic (exact) mass is 260 g/mol. The van der Waals surface area contributed by atoms with Gasteiger partial charge in [-0.2, -0.15) is 0 Å². The Labute approximate surface area is 116 Å². The van der Waals surface area contributed by atoms with Gasteiger partial charge in [-0.3, -0.25) is 4.79 Å². The van der Waals surface area contributed by atoms with Gasteiger partial charge in [-0.05, 0) is 52.3 Å². The van der Waals surface area contributed by atoms with E-state index in [0.29, 0.717) is 0 Å². The van der Waals surface area contributed by atoms with Gasteiger partial charge in [0.2, 0.25) is 0 Å². The van der Waals surface area contributed by atoms with Gasteiger partial charge in [0.15, 0.2) is 0 Å². The maximum atomic E-state index is 12.8. The van der Waals surface area contributed by atoms with Gasteiger partial charge in [0.1, 0.15) is 0 Å². The summed E-state index contributed by atoms with van der Waals surface area (Å²) >= 11 is 0. The number of nitrogens with zero attached hydrogens (tertiary/aromatic N) is 1. The third kappa shape index (κ3) is 2.66. The topological polar surface area (TPSA) is 32.3 Å². The lowest BCUT2D eigenvalue weighted by Crippen LogP contribution is -2.50. The molecule has 104 valence electrons. The zero-order valence-electron chi connectivity index (χ0n) is 12.4. The fourth-order valence-electron chi connectivity index (χ4n) is 3.05. The molecule has 1 aliphatic heterocycles. The maximum absolute atomic E-state index is 12.8. The minimum atomic E-state index is -0.0536. The molecule has 1 aromatic rings. The van der Waals surface area contributed by atoms with Crippen LogP contribution in [0.5, 0.6) is 0 Å². The molecule has 1 aromatic carbocycles. The van der Waals surface area contributed by atoms with E-state index in [1.54, 1.807) is 0 Å². The number of benzene rings is 1. The van der Waals surface area contributed by atoms with Crippen LogP contribution in [0.2, 0.25) is 0 Å². The van der Waals surface area contributed by atoms with E-state index in [-0.39, 0.29) is 11.4 Å². The van der Waals surface area contributed by atoms with Crippen LogP contribution in [0.25, 0.3) is 0 Å². The number of nitrogens with one attached hydrogen (secondary N) is 1. The van der Waals surface area contributed by atoms with E-state index >= 15 is 0 Å². The van der Waals surface area contributed by atoms with Gasteiger partial charge in [-0.1, -0.05) is 17.7 Å². The van der Waals surface area contributed by atoms with Gasteiger partial charge in [-0.25, -0.2) is 0 Å². The minimum absolute atomic E-state index is 0.0536. The van der Waals surface area contributed by atoms with Crippen molar-refractivity contribution < 1.29 is 4.79 Å². The Kier molecular flexibility index (Phi) is 3.95. The molecule has 1 saturated heterocycles. The molecule has 3 heteroatoms. The van der Waals surface area contributed by atoms with Gasteiger partial charge in [0, 0.05) is 18.7 Å². The summed E-state index contributed by atoms with van der Waals surface area (Å²) in [5.41, 5.74) is 3.00. The summed E-state index contributed by atoms with van der Waals surface area (Å²) < 4.78 is 0. The van der Waals surface area contributed by atoms with Crippen molar-refractivity contribution in [2.75, 3.05) is 20.1 Å². The first kappa shape index (κ1) is 14.1. The molecule has 0 aliphatic carbocycles. The molecule has 0 bridgehead atoms. The number of hydrogen-bond donors (Lipinski definition) is 1. The Morgan fingerprint density at radius 2 is 2.16 bits per heavy atom. The second kappa shape index (κ2) is 5.33. The highest BCUT2D eigenvalue weighted by atomic mass is 16.2. The molecule has 2 rings (SSSR count). The molecule has 1 amide bonds. The van der Waals surface area contributed by atoms with Crippen LogP contribution in [-0.2, 0) is 0 Å². The maximum Gasteiger partial charge on any atom is 0.254 e. The van der Waals surface area contributed by atoms with Crippen molar-refractivity contribution in [2.45, 2.75) is 39.2 Å². The second-order valence-corrected chi connectivity index (χ2v) is 5.91. The first-order chi connectivity index (χ1) is 8.98. The molecule has 3 nitrogen and oxygen atoms in total. The quantitative estimate of drug-likeness (QED) is 0.905. The predicted molar refractivity (Wildman–Crippen MR) is 78.5 cm³/mol. The van der Waals surface area contributed by atoms with Crippen LogP contribution in [0.3, 0.4) is 0 Å². The third-order valence-corrected chi connectivity index (χ3v) is 4.17. The summed E-state index contributed by atoms with van der Waals surface area (Å²) in [7, 11) is 1.95. The summed E-state index contributed by atoms with van der Waals surface area (Å²) in [5.74, 6) is 0.177. The van der Waals surface area contributed by atoms with E-state index in [9.17, 15) is 4.79 Å². The minimum Gasteiger partial charge on any atom is -0.332 e. The first-order valence-corrected chi connectivity index (χ1v) is 7.02. The highest BCUT2D eigenvalue weighted by Gasteiger charge is 2.39. The van der Waals surface area contributed by atoms with Crippen LogP contribution < -0.4 is 5.32 Å². The molecule has 0 spiro atoms. The van der Waals surface area contributed by atoms with Gasteiger partial charge < -0.3 is 10.2 Å². The second-order valence-electron chi connectivity index (χ2n) is 5.91. The zero-order chi connectivity index (χ0) is 14.0. The Morgan fingerprint density at radius 1 is 1.42 bits per heavy atom. The zero-order valence-corrected chi connectivity index (χ0v) is 12.4. The Morgan fingerprint density at radius 3 is 2.84 bits per heavy atom. The van der Waals surface area contributed by atoms with Crippen LogP contribution in [0.4, 0.5) is 0 Å². The molecule has 0 radical (unpaired) electrons. The van der Waals surface area contributed by atoms with E-state index in [2.05, 4.69) is 18.3 Å². The molecule has 19 heavy (non-hydrogen) atoms. The van der Waals surface area contributed by atoms with Gasteiger partial charge in [0.25, 0.3) is 5.91 Å². The molecule has 0 saturated carbocycles. The van der Waals surface area contributed by atoms with Crippen LogP contribution in [0.15, 0.2) is 18.2 Å². The predicted octanol–water partition coefficient (Wildman–Crippen LogP) is 2.52. The number of hydrogen-bond acceptors (Lipinski definition) is 2. The number of carbonyl (C=O) groups excluding carboxylic acids is 1. The number of amides is 1. The smallest absolute Gasteiger partial charge is 0.254 e. The number of likely N-dealkylation sites (N-methyl/N-ethyl adjacent to an activating group) is 1. The van der Waals surface area contributed by atoms with E-state index in [4.69, 9.17) is 0 Å². The lowest BCUT2D eigenvalue weighted by Gasteiger charge is -2.35. The average molecular weight is 260 g/mol. The molecule has 1 N–H and O–H groups in total. The van der Waals surface area contributed by atoms with Crippen molar-refractivity contribution in [2.24, 2.45) is 0 Å². The number of rotatable bonds is 3. The van der Waals surface area contributed by atoms with Crippen molar-refractivity contribution in [3.05, 3.63) is 34.9 Å². The molecular weight excluding hydrogens is 236 g/mol. The number of carbonyl (C=O) groups is 1. The molecule has 1 aliphatic rings. The van der Waals surface area contributed by atoms with Crippen molar-refractivity contribution in [1.29, 1.82) is 0 Å². The lowest BCUT2D eigenvalue weighted by atomic mass is 9.97. The largest absolute Gasteiger partial charge is 0.332 e. The number of aryl methyl sites for hydroxylation is 2. The van der Waals surface area contributed by atoms with Gasteiger partial charge in [-0.15, -0.1) is 0 Å². The summed E-state index contributed by atoms with van der Waals surface area (Å²) in [6.07, 6.45) is 2.17. The van der Waals surface area contributed by atoms with Crippen LogP contribution in [0, 0.1) is 13.8 Å². The van der Waals surface area contributed by atoms with E-state index < -0.39 is 0 Å². The third-order valence-electron chi connectivity index (χ3n) is 4.17. The van der Waals surface area contributed by atoms with E-state index in [1.165, 1.54) is 0 Å². The Balaban J connectivity index is 2.30. The summed E-state index contributed by atoms with van der Waals surface area (Å²) in [5, 5.41) is 3.22. The highest BCUT2D eigenvalue weighted by Crippen LogP contribution is 2.30. The SMILES string of the molecule is CNCC1(C)CCCN1C(=O)c1cc(C)ccc1C. The summed E-state index contributed by atoms with van der Waals surface area (Å²) in [6.45, 7) is 7.94. The normalized spacial score (nSPS) is 22.8. The average Bonchev–Trinajstić information content (AvgIpc) is 2.74. The fourth-order valence-corrected chi connectivity index (χ4v) is 3.05. The molecule has 1 heterocycles. The van der Waals surface area contributed by atoms with E-state index in [1.807, 2.05) is 37.9 Å². The molecule has 1 unspecified atom stereocenters. The Hall–Kier alpha value is -1.35. The summed E-state index contributed by atoms with van der Waals surface area (Å²) in [6, 6.07) is 6.10.